The fraction of sp³-hybridized carbons (Fsp3) is 0.562. The third kappa shape index (κ3) is 2.45. The molecule has 0 radical (unpaired) electrons. The number of rotatable bonds is 2. The number of carboxylic acids is 1. The van der Waals surface area contributed by atoms with Crippen molar-refractivity contribution in [2.75, 3.05) is 6.54 Å². The van der Waals surface area contributed by atoms with Crippen molar-refractivity contribution < 1.29 is 15.0 Å². The first-order valence-electron chi connectivity index (χ1n) is 7.43. The minimum Gasteiger partial charge on any atom is -0.478 e. The van der Waals surface area contributed by atoms with E-state index in [1.807, 2.05) is 12.1 Å². The minimum atomic E-state index is -0.840. The number of hydrogen-bond donors (Lipinski definition) is 2. The third-order valence-electron chi connectivity index (χ3n) is 4.69. The maximum atomic E-state index is 11.3. The summed E-state index contributed by atoms with van der Waals surface area (Å²) in [6.45, 7) is 1.61. The number of carbonyl (C=O) groups is 1. The Hall–Kier alpha value is -1.39. The molecule has 0 spiro atoms. The summed E-state index contributed by atoms with van der Waals surface area (Å²) in [5.41, 5.74) is 2.52. The second-order valence-electron chi connectivity index (χ2n) is 5.89. The fourth-order valence-corrected chi connectivity index (χ4v) is 3.63. The van der Waals surface area contributed by atoms with Gasteiger partial charge in [-0.15, -0.1) is 0 Å². The lowest BCUT2D eigenvalue weighted by molar-refractivity contribution is 0.0130. The van der Waals surface area contributed by atoms with E-state index < -0.39 is 5.97 Å². The van der Waals surface area contributed by atoms with E-state index in [2.05, 4.69) is 4.90 Å². The molecule has 20 heavy (non-hydrogen) atoms. The molecule has 0 saturated heterocycles. The van der Waals surface area contributed by atoms with Crippen molar-refractivity contribution in [3.8, 4) is 0 Å². The smallest absolute Gasteiger partial charge is 0.335 e. The van der Waals surface area contributed by atoms with Crippen LogP contribution in [0.4, 0.5) is 0 Å². The standard InChI is InChI=1S/C16H21NO3/c18-15-7-2-1-6-14(15)17-9-8-12-11(10-17)4-3-5-13(12)16(19)20/h3-5,14-15,18H,1-2,6-10H2,(H,19,20). The lowest BCUT2D eigenvalue weighted by Crippen LogP contribution is -2.47. The maximum absolute atomic E-state index is 11.3. The first-order valence-corrected chi connectivity index (χ1v) is 7.43. The van der Waals surface area contributed by atoms with E-state index in [1.165, 1.54) is 6.42 Å². The lowest BCUT2D eigenvalue weighted by Gasteiger charge is -2.40. The van der Waals surface area contributed by atoms with Gasteiger partial charge in [-0.3, -0.25) is 4.90 Å². The van der Waals surface area contributed by atoms with Gasteiger partial charge in [-0.25, -0.2) is 4.79 Å². The predicted octanol–water partition coefficient (Wildman–Crippen LogP) is 2.05. The highest BCUT2D eigenvalue weighted by Crippen LogP contribution is 2.29. The van der Waals surface area contributed by atoms with E-state index in [0.29, 0.717) is 5.56 Å². The second kappa shape index (κ2) is 5.54. The third-order valence-corrected chi connectivity index (χ3v) is 4.69. The summed E-state index contributed by atoms with van der Waals surface area (Å²) >= 11 is 0. The average molecular weight is 275 g/mol. The summed E-state index contributed by atoms with van der Waals surface area (Å²) in [6.07, 6.45) is 4.78. The molecule has 4 heteroatoms. The molecule has 1 aromatic rings. The Morgan fingerprint density at radius 1 is 1.25 bits per heavy atom. The second-order valence-corrected chi connectivity index (χ2v) is 5.89. The van der Waals surface area contributed by atoms with E-state index in [1.54, 1.807) is 6.07 Å². The highest BCUT2D eigenvalue weighted by molar-refractivity contribution is 5.89. The largest absolute Gasteiger partial charge is 0.478 e. The molecule has 0 amide bonds. The molecule has 0 bridgehead atoms. The van der Waals surface area contributed by atoms with Gasteiger partial charge in [-0.2, -0.15) is 0 Å². The van der Waals surface area contributed by atoms with Crippen LogP contribution in [-0.4, -0.2) is 39.8 Å². The van der Waals surface area contributed by atoms with Crippen molar-refractivity contribution in [2.45, 2.75) is 50.8 Å². The zero-order valence-corrected chi connectivity index (χ0v) is 11.6. The van der Waals surface area contributed by atoms with Crippen LogP contribution in [0.15, 0.2) is 18.2 Å². The average Bonchev–Trinajstić information content (AvgIpc) is 2.46. The molecule has 1 fully saturated rings. The number of benzene rings is 1. The Morgan fingerprint density at radius 2 is 2.05 bits per heavy atom. The quantitative estimate of drug-likeness (QED) is 0.867. The highest BCUT2D eigenvalue weighted by atomic mass is 16.4. The molecule has 2 atom stereocenters. The van der Waals surface area contributed by atoms with Gasteiger partial charge in [0, 0.05) is 19.1 Å². The molecule has 1 saturated carbocycles. The fourth-order valence-electron chi connectivity index (χ4n) is 3.63. The number of hydrogen-bond acceptors (Lipinski definition) is 3. The first-order chi connectivity index (χ1) is 9.66. The molecule has 1 heterocycles. The molecule has 2 aliphatic rings. The van der Waals surface area contributed by atoms with Gasteiger partial charge in [0.1, 0.15) is 0 Å². The van der Waals surface area contributed by atoms with Crippen molar-refractivity contribution >= 4 is 5.97 Å². The van der Waals surface area contributed by atoms with Gasteiger partial charge in [0.05, 0.1) is 11.7 Å². The number of aromatic carboxylic acids is 1. The van der Waals surface area contributed by atoms with Crippen molar-refractivity contribution in [3.63, 3.8) is 0 Å². The molecule has 3 rings (SSSR count). The number of fused-ring (bicyclic) bond motifs is 1. The van der Waals surface area contributed by atoms with Crippen LogP contribution in [0.25, 0.3) is 0 Å². The summed E-state index contributed by atoms with van der Waals surface area (Å²) in [6, 6.07) is 5.77. The molecule has 1 aliphatic carbocycles. The van der Waals surface area contributed by atoms with Crippen LogP contribution in [0.5, 0.6) is 0 Å². The summed E-state index contributed by atoms with van der Waals surface area (Å²) in [4.78, 5) is 13.6. The summed E-state index contributed by atoms with van der Waals surface area (Å²) in [5.74, 6) is -0.840. The van der Waals surface area contributed by atoms with Gasteiger partial charge in [0.2, 0.25) is 0 Å². The van der Waals surface area contributed by atoms with Crippen LogP contribution in [0.1, 0.15) is 47.2 Å². The lowest BCUT2D eigenvalue weighted by atomic mass is 9.88. The van der Waals surface area contributed by atoms with Crippen molar-refractivity contribution in [3.05, 3.63) is 34.9 Å². The van der Waals surface area contributed by atoms with Crippen LogP contribution in [0, 0.1) is 0 Å². The van der Waals surface area contributed by atoms with Crippen LogP contribution in [-0.2, 0) is 13.0 Å². The molecule has 108 valence electrons. The molecular weight excluding hydrogens is 254 g/mol. The van der Waals surface area contributed by atoms with Gasteiger partial charge in [0.15, 0.2) is 0 Å². The molecule has 1 aromatic carbocycles. The van der Waals surface area contributed by atoms with Gasteiger partial charge in [-0.1, -0.05) is 25.0 Å². The van der Waals surface area contributed by atoms with E-state index in [0.717, 1.165) is 49.9 Å². The molecule has 0 aromatic heterocycles. The topological polar surface area (TPSA) is 60.8 Å². The zero-order valence-electron chi connectivity index (χ0n) is 11.6. The van der Waals surface area contributed by atoms with Crippen LogP contribution >= 0.6 is 0 Å². The SMILES string of the molecule is O=C(O)c1cccc2c1CCN(C1CCCCC1O)C2. The highest BCUT2D eigenvalue weighted by Gasteiger charge is 2.31. The molecule has 2 N–H and O–H groups in total. The summed E-state index contributed by atoms with van der Waals surface area (Å²) < 4.78 is 0. The Morgan fingerprint density at radius 3 is 2.80 bits per heavy atom. The van der Waals surface area contributed by atoms with Crippen LogP contribution in [0.3, 0.4) is 0 Å². The van der Waals surface area contributed by atoms with Gasteiger partial charge in [0.25, 0.3) is 0 Å². The van der Waals surface area contributed by atoms with Crippen LogP contribution < -0.4 is 0 Å². The normalized spacial score (nSPS) is 27.1. The zero-order chi connectivity index (χ0) is 14.1. The first kappa shape index (κ1) is 13.6. The van der Waals surface area contributed by atoms with E-state index in [4.69, 9.17) is 0 Å². The van der Waals surface area contributed by atoms with E-state index >= 15 is 0 Å². The van der Waals surface area contributed by atoms with Crippen molar-refractivity contribution in [1.82, 2.24) is 4.90 Å². The Labute approximate surface area is 119 Å². The predicted molar refractivity (Wildman–Crippen MR) is 75.8 cm³/mol. The summed E-state index contributed by atoms with van der Waals surface area (Å²) in [5, 5.41) is 19.4. The Bertz CT molecular complexity index is 514. The minimum absolute atomic E-state index is 0.229. The van der Waals surface area contributed by atoms with E-state index in [-0.39, 0.29) is 12.1 Å². The number of carboxylic acid groups (broad SMARTS) is 1. The van der Waals surface area contributed by atoms with Gasteiger partial charge >= 0.3 is 5.97 Å². The van der Waals surface area contributed by atoms with Gasteiger partial charge in [-0.05, 0) is 36.5 Å². The molecule has 2 unspecified atom stereocenters. The van der Waals surface area contributed by atoms with Crippen molar-refractivity contribution in [1.29, 1.82) is 0 Å². The number of aliphatic hydroxyl groups excluding tert-OH is 1. The van der Waals surface area contributed by atoms with Gasteiger partial charge < -0.3 is 10.2 Å². The monoisotopic (exact) mass is 275 g/mol. The van der Waals surface area contributed by atoms with E-state index in [9.17, 15) is 15.0 Å². The molecular formula is C16H21NO3. The molecule has 1 aliphatic heterocycles. The van der Waals surface area contributed by atoms with Crippen molar-refractivity contribution in [2.24, 2.45) is 0 Å². The number of nitrogens with zero attached hydrogens (tertiary/aromatic N) is 1. The Kier molecular flexibility index (Phi) is 3.76. The Balaban J connectivity index is 1.82. The molecule has 4 nitrogen and oxygen atoms in total. The van der Waals surface area contributed by atoms with Crippen LogP contribution in [0.2, 0.25) is 0 Å². The summed E-state index contributed by atoms with van der Waals surface area (Å²) in [7, 11) is 0. The number of aliphatic hydroxyl groups is 1. The maximum Gasteiger partial charge on any atom is 0.335 e.